The molecule has 1 aliphatic rings. The molecule has 0 aliphatic carbocycles. The van der Waals surface area contributed by atoms with Crippen molar-refractivity contribution < 1.29 is 22.7 Å². The maximum atomic E-state index is 12.0. The first-order chi connectivity index (χ1) is 10.9. The summed E-state index contributed by atoms with van der Waals surface area (Å²) in [6, 6.07) is 6.66. The summed E-state index contributed by atoms with van der Waals surface area (Å²) < 4.78 is 35.3. The van der Waals surface area contributed by atoms with Crippen molar-refractivity contribution in [2.75, 3.05) is 50.0 Å². The number of hydrogen-bond acceptors (Lipinski definition) is 5. The van der Waals surface area contributed by atoms with E-state index in [1.165, 1.54) is 10.6 Å². The van der Waals surface area contributed by atoms with Gasteiger partial charge in [-0.05, 0) is 31.2 Å². The van der Waals surface area contributed by atoms with Gasteiger partial charge in [-0.15, -0.1) is 0 Å². The Kier molecular flexibility index (Phi) is 5.84. The zero-order chi connectivity index (χ0) is 16.9. The first kappa shape index (κ1) is 17.6. The maximum absolute atomic E-state index is 12.0. The van der Waals surface area contributed by atoms with Crippen molar-refractivity contribution in [1.29, 1.82) is 0 Å². The van der Waals surface area contributed by atoms with Crippen LogP contribution in [-0.2, 0) is 19.6 Å². The lowest BCUT2D eigenvalue weighted by Gasteiger charge is -2.26. The van der Waals surface area contributed by atoms with Gasteiger partial charge in [-0.1, -0.05) is 0 Å². The van der Waals surface area contributed by atoms with Gasteiger partial charge in [-0.25, -0.2) is 8.42 Å². The van der Waals surface area contributed by atoms with Gasteiger partial charge in [0.15, 0.2) is 6.61 Å². The van der Waals surface area contributed by atoms with E-state index in [2.05, 4.69) is 0 Å². The third-order valence-electron chi connectivity index (χ3n) is 3.54. The second kappa shape index (κ2) is 7.65. The molecule has 0 N–H and O–H groups in total. The summed E-state index contributed by atoms with van der Waals surface area (Å²) in [6.07, 6.45) is 1.17. The first-order valence-electron chi connectivity index (χ1n) is 7.48. The molecule has 1 saturated heterocycles. The predicted octanol–water partition coefficient (Wildman–Crippen LogP) is 0.710. The summed E-state index contributed by atoms with van der Waals surface area (Å²) in [6.45, 7) is 4.36. The number of carbonyl (C=O) groups excluding carboxylic acids is 1. The molecule has 0 atom stereocenters. The minimum atomic E-state index is -3.30. The zero-order valence-electron chi connectivity index (χ0n) is 13.4. The van der Waals surface area contributed by atoms with E-state index in [0.717, 1.165) is 0 Å². The Labute approximate surface area is 136 Å². The van der Waals surface area contributed by atoms with E-state index in [-0.39, 0.29) is 12.5 Å². The average molecular weight is 342 g/mol. The van der Waals surface area contributed by atoms with Crippen LogP contribution >= 0.6 is 0 Å². The molecule has 1 amide bonds. The molecule has 0 spiro atoms. The van der Waals surface area contributed by atoms with E-state index in [1.54, 1.807) is 36.1 Å². The quantitative estimate of drug-likeness (QED) is 0.761. The van der Waals surface area contributed by atoms with Crippen molar-refractivity contribution in [3.05, 3.63) is 24.3 Å². The van der Waals surface area contributed by atoms with E-state index in [4.69, 9.17) is 9.47 Å². The molecule has 1 aromatic carbocycles. The fraction of sp³-hybridized carbons (Fsp3) is 0.533. The Hall–Kier alpha value is -1.80. The highest BCUT2D eigenvalue weighted by atomic mass is 32.2. The van der Waals surface area contributed by atoms with Gasteiger partial charge in [-0.2, -0.15) is 0 Å². The average Bonchev–Trinajstić information content (AvgIpc) is 2.54. The fourth-order valence-electron chi connectivity index (χ4n) is 2.37. The van der Waals surface area contributed by atoms with Crippen LogP contribution in [0.5, 0.6) is 5.75 Å². The van der Waals surface area contributed by atoms with Crippen LogP contribution < -0.4 is 9.04 Å². The molecule has 0 aromatic heterocycles. The summed E-state index contributed by atoms with van der Waals surface area (Å²) in [7, 11) is -3.30. The fourth-order valence-corrected chi connectivity index (χ4v) is 3.34. The SMILES string of the molecule is CCN(c1ccc(OCC(=O)N2CCOCC2)cc1)S(C)(=O)=O. The second-order valence-corrected chi connectivity index (χ2v) is 7.11. The summed E-state index contributed by atoms with van der Waals surface area (Å²) in [4.78, 5) is 13.7. The summed E-state index contributed by atoms with van der Waals surface area (Å²) in [5.74, 6) is 0.448. The maximum Gasteiger partial charge on any atom is 0.260 e. The van der Waals surface area contributed by atoms with Crippen LogP contribution in [0, 0.1) is 0 Å². The molecule has 128 valence electrons. The largest absolute Gasteiger partial charge is 0.484 e. The van der Waals surface area contributed by atoms with E-state index in [0.29, 0.717) is 44.3 Å². The molecule has 1 aliphatic heterocycles. The van der Waals surface area contributed by atoms with E-state index < -0.39 is 10.0 Å². The lowest BCUT2D eigenvalue weighted by Crippen LogP contribution is -2.42. The number of sulfonamides is 1. The van der Waals surface area contributed by atoms with Crippen molar-refractivity contribution in [2.45, 2.75) is 6.92 Å². The van der Waals surface area contributed by atoms with Gasteiger partial charge in [0, 0.05) is 19.6 Å². The molecule has 0 saturated carbocycles. The van der Waals surface area contributed by atoms with E-state index in [9.17, 15) is 13.2 Å². The summed E-state index contributed by atoms with van der Waals surface area (Å²) in [5.41, 5.74) is 0.571. The Morgan fingerprint density at radius 1 is 1.26 bits per heavy atom. The highest BCUT2D eigenvalue weighted by Crippen LogP contribution is 2.21. The molecule has 2 rings (SSSR count). The van der Waals surface area contributed by atoms with Gasteiger partial charge >= 0.3 is 0 Å². The van der Waals surface area contributed by atoms with Crippen LogP contribution in [0.2, 0.25) is 0 Å². The number of rotatable bonds is 6. The standard InChI is InChI=1S/C15H22N2O5S/c1-3-17(23(2,19)20)13-4-6-14(7-5-13)22-12-15(18)16-8-10-21-11-9-16/h4-7H,3,8-12H2,1-2H3. The number of nitrogens with zero attached hydrogens (tertiary/aromatic N) is 2. The molecule has 0 radical (unpaired) electrons. The van der Waals surface area contributed by atoms with Crippen molar-refractivity contribution in [2.24, 2.45) is 0 Å². The van der Waals surface area contributed by atoms with Gasteiger partial charge < -0.3 is 14.4 Å². The summed E-state index contributed by atoms with van der Waals surface area (Å²) in [5, 5.41) is 0. The van der Waals surface area contributed by atoms with Crippen LogP contribution in [0.3, 0.4) is 0 Å². The normalized spacial score (nSPS) is 15.3. The van der Waals surface area contributed by atoms with Crippen LogP contribution in [0.4, 0.5) is 5.69 Å². The van der Waals surface area contributed by atoms with Gasteiger partial charge in [0.2, 0.25) is 10.0 Å². The second-order valence-electron chi connectivity index (χ2n) is 5.20. The monoisotopic (exact) mass is 342 g/mol. The van der Waals surface area contributed by atoms with Crippen LogP contribution in [0.1, 0.15) is 6.92 Å². The molecular formula is C15H22N2O5S. The first-order valence-corrected chi connectivity index (χ1v) is 9.32. The van der Waals surface area contributed by atoms with Crippen molar-refractivity contribution >= 4 is 21.6 Å². The lowest BCUT2D eigenvalue weighted by molar-refractivity contribution is -0.137. The number of carbonyl (C=O) groups is 1. The third-order valence-corrected chi connectivity index (χ3v) is 4.81. The molecule has 23 heavy (non-hydrogen) atoms. The zero-order valence-corrected chi connectivity index (χ0v) is 14.2. The molecule has 1 aromatic rings. The highest BCUT2D eigenvalue weighted by molar-refractivity contribution is 7.92. The predicted molar refractivity (Wildman–Crippen MR) is 87.2 cm³/mol. The van der Waals surface area contributed by atoms with Gasteiger partial charge in [-0.3, -0.25) is 9.10 Å². The smallest absolute Gasteiger partial charge is 0.260 e. The minimum Gasteiger partial charge on any atom is -0.484 e. The molecule has 0 bridgehead atoms. The Morgan fingerprint density at radius 2 is 1.87 bits per heavy atom. The molecule has 1 fully saturated rings. The van der Waals surface area contributed by atoms with Crippen LogP contribution in [-0.4, -0.2) is 64.9 Å². The summed E-state index contributed by atoms with van der Waals surface area (Å²) >= 11 is 0. The third kappa shape index (κ3) is 4.84. The van der Waals surface area contributed by atoms with Gasteiger partial charge in [0.1, 0.15) is 5.75 Å². The number of ether oxygens (including phenoxy) is 2. The Balaban J connectivity index is 1.93. The Bertz CT molecular complexity index is 624. The molecular weight excluding hydrogens is 320 g/mol. The van der Waals surface area contributed by atoms with Crippen molar-refractivity contribution in [3.63, 3.8) is 0 Å². The van der Waals surface area contributed by atoms with E-state index in [1.807, 2.05) is 0 Å². The van der Waals surface area contributed by atoms with E-state index >= 15 is 0 Å². The van der Waals surface area contributed by atoms with Crippen molar-refractivity contribution in [1.82, 2.24) is 4.90 Å². The van der Waals surface area contributed by atoms with Crippen LogP contribution in [0.25, 0.3) is 0 Å². The number of morpholine rings is 1. The molecule has 1 heterocycles. The highest BCUT2D eigenvalue weighted by Gasteiger charge is 2.18. The lowest BCUT2D eigenvalue weighted by atomic mass is 10.3. The van der Waals surface area contributed by atoms with Gasteiger partial charge in [0.25, 0.3) is 5.91 Å². The molecule has 8 heteroatoms. The Morgan fingerprint density at radius 3 is 2.39 bits per heavy atom. The van der Waals surface area contributed by atoms with Gasteiger partial charge in [0.05, 0.1) is 25.2 Å². The topological polar surface area (TPSA) is 76.2 Å². The van der Waals surface area contributed by atoms with Crippen LogP contribution in [0.15, 0.2) is 24.3 Å². The van der Waals surface area contributed by atoms with Crippen molar-refractivity contribution in [3.8, 4) is 5.75 Å². The number of amides is 1. The number of benzene rings is 1. The molecule has 0 unspecified atom stereocenters. The number of hydrogen-bond donors (Lipinski definition) is 0. The minimum absolute atomic E-state index is 0.0388. The molecule has 7 nitrogen and oxygen atoms in total. The number of anilines is 1.